The monoisotopic (exact) mass is 272 g/mol. The number of hydrogen-bond acceptors (Lipinski definition) is 5. The van der Waals surface area contributed by atoms with Crippen molar-refractivity contribution < 1.29 is 4.92 Å². The molecule has 1 N–H and O–H groups in total. The van der Waals surface area contributed by atoms with E-state index in [9.17, 15) is 10.1 Å². The molecule has 0 bridgehead atoms. The van der Waals surface area contributed by atoms with Crippen molar-refractivity contribution in [2.45, 2.75) is 46.1 Å². The Bertz CT molecular complexity index is 439. The average Bonchev–Trinajstić information content (AvgIpc) is 2.24. The van der Waals surface area contributed by atoms with Crippen molar-refractivity contribution in [2.24, 2.45) is 0 Å². The van der Waals surface area contributed by atoms with Crippen LogP contribution < -0.4 is 5.32 Å². The molecule has 0 aromatic carbocycles. The maximum atomic E-state index is 11.0. The Balaban J connectivity index is 2.96. The van der Waals surface area contributed by atoms with Crippen molar-refractivity contribution in [1.82, 2.24) is 9.97 Å². The summed E-state index contributed by atoms with van der Waals surface area (Å²) < 4.78 is 0. The van der Waals surface area contributed by atoms with E-state index in [1.807, 2.05) is 6.92 Å². The van der Waals surface area contributed by atoms with Crippen LogP contribution in [0.25, 0.3) is 0 Å². The van der Waals surface area contributed by atoms with Crippen LogP contribution in [0.4, 0.5) is 11.5 Å². The van der Waals surface area contributed by atoms with Crippen LogP contribution in [0.5, 0.6) is 0 Å². The number of nitro groups is 1. The van der Waals surface area contributed by atoms with Crippen LogP contribution >= 0.6 is 11.6 Å². The van der Waals surface area contributed by atoms with Crippen LogP contribution in [0.15, 0.2) is 0 Å². The van der Waals surface area contributed by atoms with Crippen molar-refractivity contribution >= 4 is 23.1 Å². The molecule has 0 radical (unpaired) electrons. The molecule has 100 valence electrons. The van der Waals surface area contributed by atoms with Crippen LogP contribution in [0.2, 0.25) is 5.28 Å². The van der Waals surface area contributed by atoms with Crippen molar-refractivity contribution in [1.29, 1.82) is 0 Å². The quantitative estimate of drug-likeness (QED) is 0.488. The van der Waals surface area contributed by atoms with E-state index in [4.69, 9.17) is 11.6 Å². The van der Waals surface area contributed by atoms with Gasteiger partial charge in [-0.05, 0) is 31.9 Å². The topological polar surface area (TPSA) is 81.0 Å². The van der Waals surface area contributed by atoms with Gasteiger partial charge in [0.05, 0.1) is 4.92 Å². The largest absolute Gasteiger partial charge is 0.362 e. The molecule has 1 aromatic heterocycles. The number of rotatable bonds is 6. The summed E-state index contributed by atoms with van der Waals surface area (Å²) in [4.78, 5) is 18.2. The van der Waals surface area contributed by atoms with E-state index in [1.165, 1.54) is 0 Å². The zero-order valence-electron chi connectivity index (χ0n) is 10.7. The van der Waals surface area contributed by atoms with Crippen molar-refractivity contribution in [3.8, 4) is 0 Å². The molecule has 0 saturated heterocycles. The molecule has 1 rings (SSSR count). The normalized spacial score (nSPS) is 12.2. The molecule has 1 unspecified atom stereocenters. The fourth-order valence-electron chi connectivity index (χ4n) is 1.67. The summed E-state index contributed by atoms with van der Waals surface area (Å²) in [7, 11) is 0. The van der Waals surface area contributed by atoms with Gasteiger partial charge in [-0.2, -0.15) is 4.98 Å². The molecule has 1 aromatic rings. The zero-order chi connectivity index (χ0) is 13.7. The summed E-state index contributed by atoms with van der Waals surface area (Å²) in [5.41, 5.74) is 0.160. The lowest BCUT2D eigenvalue weighted by molar-refractivity contribution is -0.385. The molecule has 6 nitrogen and oxygen atoms in total. The number of aryl methyl sites for hydroxylation is 1. The lowest BCUT2D eigenvalue weighted by Crippen LogP contribution is -2.17. The number of aromatic nitrogens is 2. The third kappa shape index (κ3) is 3.80. The van der Waals surface area contributed by atoms with E-state index in [1.54, 1.807) is 6.92 Å². The second-order valence-electron chi connectivity index (χ2n) is 4.22. The first-order valence-corrected chi connectivity index (χ1v) is 6.28. The Kier molecular flexibility index (Phi) is 5.27. The van der Waals surface area contributed by atoms with E-state index in [0.717, 1.165) is 19.3 Å². The van der Waals surface area contributed by atoms with Crippen LogP contribution in [0.1, 0.15) is 38.8 Å². The number of nitrogens with one attached hydrogen (secondary N) is 1. The molecule has 7 heteroatoms. The Hall–Kier alpha value is -1.43. The van der Waals surface area contributed by atoms with Gasteiger partial charge in [-0.25, -0.2) is 4.98 Å². The SMILES string of the molecule is CCCCC(C)Nc1nc(Cl)nc(C)c1[N+](=O)[O-]. The standard InChI is InChI=1S/C11H17ClN4O2/c1-4-5-6-7(2)13-10-9(16(17)18)8(3)14-11(12)15-10/h7H,4-6H2,1-3H3,(H,13,14,15). The molecule has 1 atom stereocenters. The first kappa shape index (κ1) is 14.6. The van der Waals surface area contributed by atoms with E-state index < -0.39 is 4.92 Å². The minimum Gasteiger partial charge on any atom is -0.362 e. The average molecular weight is 273 g/mol. The van der Waals surface area contributed by atoms with Gasteiger partial charge < -0.3 is 5.32 Å². The number of anilines is 1. The van der Waals surface area contributed by atoms with E-state index in [2.05, 4.69) is 22.2 Å². The van der Waals surface area contributed by atoms with Crippen LogP contribution in [0.3, 0.4) is 0 Å². The highest BCUT2D eigenvalue weighted by molar-refractivity contribution is 6.28. The lowest BCUT2D eigenvalue weighted by Gasteiger charge is -2.14. The number of hydrogen-bond donors (Lipinski definition) is 1. The van der Waals surface area contributed by atoms with Gasteiger partial charge in [0.25, 0.3) is 0 Å². The molecule has 0 aliphatic rings. The summed E-state index contributed by atoms with van der Waals surface area (Å²) in [6, 6.07) is 0.106. The fourth-order valence-corrected chi connectivity index (χ4v) is 1.88. The van der Waals surface area contributed by atoms with E-state index in [0.29, 0.717) is 0 Å². The lowest BCUT2D eigenvalue weighted by atomic mass is 10.1. The van der Waals surface area contributed by atoms with Gasteiger partial charge in [0, 0.05) is 6.04 Å². The summed E-state index contributed by atoms with van der Waals surface area (Å²) in [5, 5.41) is 14.0. The molecular formula is C11H17ClN4O2. The molecule has 1 heterocycles. The molecule has 0 aliphatic heterocycles. The first-order chi connectivity index (χ1) is 8.45. The van der Waals surface area contributed by atoms with E-state index >= 15 is 0 Å². The highest BCUT2D eigenvalue weighted by Gasteiger charge is 2.22. The first-order valence-electron chi connectivity index (χ1n) is 5.90. The third-order valence-electron chi connectivity index (χ3n) is 2.59. The summed E-state index contributed by atoms with van der Waals surface area (Å²) in [6.07, 6.45) is 3.06. The Morgan fingerprint density at radius 3 is 2.72 bits per heavy atom. The van der Waals surface area contributed by atoms with Gasteiger partial charge in [0.15, 0.2) is 0 Å². The van der Waals surface area contributed by atoms with Gasteiger partial charge in [0.1, 0.15) is 5.69 Å². The number of unbranched alkanes of at least 4 members (excludes halogenated alkanes) is 1. The van der Waals surface area contributed by atoms with E-state index in [-0.39, 0.29) is 28.5 Å². The van der Waals surface area contributed by atoms with Gasteiger partial charge in [-0.1, -0.05) is 19.8 Å². The summed E-state index contributed by atoms with van der Waals surface area (Å²) >= 11 is 5.73. The summed E-state index contributed by atoms with van der Waals surface area (Å²) in [6.45, 7) is 5.61. The van der Waals surface area contributed by atoms with Crippen LogP contribution in [0, 0.1) is 17.0 Å². The van der Waals surface area contributed by atoms with Crippen LogP contribution in [-0.4, -0.2) is 20.9 Å². The van der Waals surface area contributed by atoms with Crippen LogP contribution in [-0.2, 0) is 0 Å². The second kappa shape index (κ2) is 6.49. The number of nitrogens with zero attached hydrogens (tertiary/aromatic N) is 3. The molecular weight excluding hydrogens is 256 g/mol. The molecule has 0 spiro atoms. The Labute approximate surface area is 111 Å². The number of halogens is 1. The smallest absolute Gasteiger partial charge is 0.332 e. The molecule has 0 aliphatic carbocycles. The maximum absolute atomic E-state index is 11.0. The molecule has 0 amide bonds. The van der Waals surface area contributed by atoms with Gasteiger partial charge in [0.2, 0.25) is 11.1 Å². The third-order valence-corrected chi connectivity index (χ3v) is 2.76. The highest BCUT2D eigenvalue weighted by atomic mass is 35.5. The predicted molar refractivity (Wildman–Crippen MR) is 71.0 cm³/mol. The zero-order valence-corrected chi connectivity index (χ0v) is 11.5. The van der Waals surface area contributed by atoms with Gasteiger partial charge in [-0.3, -0.25) is 10.1 Å². The minimum atomic E-state index is -0.486. The van der Waals surface area contributed by atoms with Crippen molar-refractivity contribution in [2.75, 3.05) is 5.32 Å². The van der Waals surface area contributed by atoms with Gasteiger partial charge in [-0.15, -0.1) is 0 Å². The predicted octanol–water partition coefficient (Wildman–Crippen LogP) is 3.34. The minimum absolute atomic E-state index is 0.0169. The highest BCUT2D eigenvalue weighted by Crippen LogP contribution is 2.27. The van der Waals surface area contributed by atoms with Crippen molar-refractivity contribution in [3.63, 3.8) is 0 Å². The molecule has 0 saturated carbocycles. The second-order valence-corrected chi connectivity index (χ2v) is 4.56. The van der Waals surface area contributed by atoms with Gasteiger partial charge >= 0.3 is 5.69 Å². The fraction of sp³-hybridized carbons (Fsp3) is 0.636. The summed E-state index contributed by atoms with van der Waals surface area (Å²) in [5.74, 6) is 0.195. The molecule has 18 heavy (non-hydrogen) atoms. The Morgan fingerprint density at radius 1 is 1.50 bits per heavy atom. The Morgan fingerprint density at radius 2 is 2.17 bits per heavy atom. The molecule has 0 fully saturated rings. The van der Waals surface area contributed by atoms with Crippen molar-refractivity contribution in [3.05, 3.63) is 21.1 Å². The maximum Gasteiger partial charge on any atom is 0.332 e.